The van der Waals surface area contributed by atoms with E-state index in [0.29, 0.717) is 19.5 Å². The second-order valence-electron chi connectivity index (χ2n) is 8.02. The van der Waals surface area contributed by atoms with Crippen molar-refractivity contribution in [3.05, 3.63) is 11.6 Å². The lowest BCUT2D eigenvalue weighted by atomic mass is 9.82. The van der Waals surface area contributed by atoms with E-state index in [4.69, 9.17) is 14.2 Å². The highest BCUT2D eigenvalue weighted by Crippen LogP contribution is 2.45. The van der Waals surface area contributed by atoms with Crippen LogP contribution in [0.25, 0.3) is 0 Å². The first-order valence-corrected chi connectivity index (χ1v) is 9.28. The molecule has 0 aromatic rings. The number of Topliss-reactive ketones (excluding diaryl/α,β-unsaturated/α-hetero) is 1. The predicted molar refractivity (Wildman–Crippen MR) is 93.7 cm³/mol. The van der Waals surface area contributed by atoms with Crippen molar-refractivity contribution in [1.82, 2.24) is 4.90 Å². The number of hydrogen-bond donors (Lipinski definition) is 1. The molecule has 1 spiro atoms. The third kappa shape index (κ3) is 3.66. The van der Waals surface area contributed by atoms with Crippen molar-refractivity contribution >= 4 is 17.7 Å². The molecule has 150 valence electrons. The van der Waals surface area contributed by atoms with Gasteiger partial charge in [0.1, 0.15) is 6.61 Å². The minimum atomic E-state index is -1.82. The van der Waals surface area contributed by atoms with E-state index in [0.717, 1.165) is 0 Å². The molecular formula is C19H27NO7. The van der Waals surface area contributed by atoms with E-state index in [1.807, 2.05) is 11.9 Å². The summed E-state index contributed by atoms with van der Waals surface area (Å²) < 4.78 is 16.4. The molecule has 1 N–H and O–H groups in total. The highest BCUT2D eigenvalue weighted by atomic mass is 16.7. The zero-order valence-electron chi connectivity index (χ0n) is 16.2. The van der Waals surface area contributed by atoms with Crippen molar-refractivity contribution in [2.75, 3.05) is 26.7 Å². The van der Waals surface area contributed by atoms with E-state index < -0.39 is 41.3 Å². The topological polar surface area (TPSA) is 106 Å². The van der Waals surface area contributed by atoms with Crippen LogP contribution in [0.15, 0.2) is 11.6 Å². The Morgan fingerprint density at radius 2 is 1.89 bits per heavy atom. The second-order valence-corrected chi connectivity index (χ2v) is 8.02. The maximum absolute atomic E-state index is 12.9. The molecule has 3 aliphatic heterocycles. The summed E-state index contributed by atoms with van der Waals surface area (Å²) in [5.41, 5.74) is -2.81. The maximum atomic E-state index is 12.9. The number of ether oxygens (including phenoxy) is 3. The van der Waals surface area contributed by atoms with Crippen LogP contribution >= 0.6 is 0 Å². The summed E-state index contributed by atoms with van der Waals surface area (Å²) in [4.78, 5) is 40.2. The molecule has 27 heavy (non-hydrogen) atoms. The van der Waals surface area contributed by atoms with Gasteiger partial charge in [0.25, 0.3) is 0 Å². The molecule has 5 atom stereocenters. The fourth-order valence-corrected chi connectivity index (χ4v) is 3.54. The molecule has 0 aliphatic carbocycles. The first-order valence-electron chi connectivity index (χ1n) is 9.28. The number of hydrogen-bond acceptors (Lipinski definition) is 8. The number of aliphatic hydroxyl groups is 1. The van der Waals surface area contributed by atoms with Crippen molar-refractivity contribution in [2.45, 2.75) is 57.0 Å². The lowest BCUT2D eigenvalue weighted by Gasteiger charge is -2.32. The van der Waals surface area contributed by atoms with Gasteiger partial charge in [-0.15, -0.1) is 0 Å². The molecule has 3 heterocycles. The van der Waals surface area contributed by atoms with Gasteiger partial charge in [0, 0.05) is 25.1 Å². The first-order chi connectivity index (χ1) is 12.6. The number of rotatable bonds is 0. The van der Waals surface area contributed by atoms with Gasteiger partial charge in [0.2, 0.25) is 5.78 Å². The Morgan fingerprint density at radius 1 is 1.22 bits per heavy atom. The van der Waals surface area contributed by atoms with Crippen molar-refractivity contribution < 1.29 is 33.7 Å². The Hall–Kier alpha value is -1.77. The monoisotopic (exact) mass is 381 g/mol. The Bertz CT molecular complexity index is 686. The third-order valence-corrected chi connectivity index (χ3v) is 5.95. The van der Waals surface area contributed by atoms with Crippen molar-refractivity contribution in [1.29, 1.82) is 0 Å². The van der Waals surface area contributed by atoms with E-state index >= 15 is 0 Å². The van der Waals surface area contributed by atoms with E-state index in [1.54, 1.807) is 19.9 Å². The van der Waals surface area contributed by atoms with Crippen molar-refractivity contribution in [2.24, 2.45) is 5.92 Å². The zero-order valence-corrected chi connectivity index (χ0v) is 16.2. The fraction of sp³-hybridized carbons (Fsp3) is 0.737. The van der Waals surface area contributed by atoms with Crippen LogP contribution in [0.2, 0.25) is 0 Å². The average molecular weight is 381 g/mol. The highest BCUT2D eigenvalue weighted by Gasteiger charge is 2.63. The Labute approximate surface area is 158 Å². The molecular weight excluding hydrogens is 354 g/mol. The van der Waals surface area contributed by atoms with Gasteiger partial charge in [-0.05, 0) is 33.2 Å². The Balaban J connectivity index is 1.97. The number of epoxide rings is 1. The molecule has 0 unspecified atom stereocenters. The van der Waals surface area contributed by atoms with Crippen LogP contribution < -0.4 is 0 Å². The standard InChI is InChI=1S/C19H27NO7/c1-11-9-19(12(2)27-19)17(23)26-14-6-8-20(4)7-5-13(15(14)21)10-25-16(22)18(11,3)24/h5,11-12,14,24H,6-10H2,1-4H3/b13-5-/t11-,12-,14-,18-,19+/m1/s1. The number of esters is 2. The van der Waals surface area contributed by atoms with Crippen LogP contribution in [-0.4, -0.2) is 77.9 Å². The molecule has 0 saturated carbocycles. The first kappa shape index (κ1) is 20.0. The SMILES string of the molecule is C[C@@H]1C[C@@]2(O[C@@H]2C)C(=O)O[C@@H]2CCN(C)C/C=C(/COC(=O)[C@]1(C)O)C2=O. The van der Waals surface area contributed by atoms with Gasteiger partial charge in [-0.1, -0.05) is 13.0 Å². The van der Waals surface area contributed by atoms with Crippen LogP contribution in [0, 0.1) is 5.92 Å². The summed E-state index contributed by atoms with van der Waals surface area (Å²) in [6.45, 7) is 5.57. The molecule has 3 aliphatic rings. The predicted octanol–water partition coefficient (Wildman–Crippen LogP) is 0.221. The number of nitrogens with zero attached hydrogens (tertiary/aromatic N) is 1. The third-order valence-electron chi connectivity index (χ3n) is 5.95. The van der Waals surface area contributed by atoms with E-state index in [-0.39, 0.29) is 24.4 Å². The molecule has 8 nitrogen and oxygen atoms in total. The molecule has 0 aromatic heterocycles. The summed E-state index contributed by atoms with van der Waals surface area (Å²) in [6, 6.07) is 0. The Kier molecular flexibility index (Phi) is 5.18. The summed E-state index contributed by atoms with van der Waals surface area (Å²) in [6.07, 6.45) is 0.756. The lowest BCUT2D eigenvalue weighted by Crippen LogP contribution is -2.48. The largest absolute Gasteiger partial charge is 0.459 e. The summed E-state index contributed by atoms with van der Waals surface area (Å²) >= 11 is 0. The maximum Gasteiger partial charge on any atom is 0.341 e. The van der Waals surface area contributed by atoms with Gasteiger partial charge in [-0.25, -0.2) is 9.59 Å². The summed E-state index contributed by atoms with van der Waals surface area (Å²) in [7, 11) is 1.89. The minimum absolute atomic E-state index is 0.0958. The van der Waals surface area contributed by atoms with Crippen LogP contribution in [0.4, 0.5) is 0 Å². The number of cyclic esters (lactones) is 1. The summed E-state index contributed by atoms with van der Waals surface area (Å²) in [5, 5.41) is 10.7. The average Bonchev–Trinajstić information content (AvgIpc) is 3.26. The molecule has 2 bridgehead atoms. The lowest BCUT2D eigenvalue weighted by molar-refractivity contribution is -0.173. The van der Waals surface area contributed by atoms with Gasteiger partial charge >= 0.3 is 11.9 Å². The number of carbonyl (C=O) groups is 3. The zero-order chi connectivity index (χ0) is 20.0. The second kappa shape index (κ2) is 7.00. The molecule has 0 amide bonds. The van der Waals surface area contributed by atoms with E-state index in [1.165, 1.54) is 6.92 Å². The minimum Gasteiger partial charge on any atom is -0.459 e. The van der Waals surface area contributed by atoms with Crippen LogP contribution in [0.5, 0.6) is 0 Å². The van der Waals surface area contributed by atoms with E-state index in [2.05, 4.69) is 0 Å². The van der Waals surface area contributed by atoms with Crippen LogP contribution in [-0.2, 0) is 28.6 Å². The smallest absolute Gasteiger partial charge is 0.341 e. The summed E-state index contributed by atoms with van der Waals surface area (Å²) in [5.74, 6) is -2.43. The molecule has 0 radical (unpaired) electrons. The fourth-order valence-electron chi connectivity index (χ4n) is 3.54. The number of likely N-dealkylation sites (N-methyl/N-ethyl adjacent to an activating group) is 1. The molecule has 3 rings (SSSR count). The number of fused-ring (bicyclic) bond motifs is 2. The van der Waals surface area contributed by atoms with Gasteiger partial charge < -0.3 is 24.2 Å². The van der Waals surface area contributed by atoms with E-state index in [9.17, 15) is 19.5 Å². The van der Waals surface area contributed by atoms with Gasteiger partial charge in [0.15, 0.2) is 17.3 Å². The van der Waals surface area contributed by atoms with Crippen molar-refractivity contribution in [3.8, 4) is 0 Å². The van der Waals surface area contributed by atoms with Crippen molar-refractivity contribution in [3.63, 3.8) is 0 Å². The van der Waals surface area contributed by atoms with Crippen LogP contribution in [0.1, 0.15) is 33.6 Å². The number of carbonyl (C=O) groups excluding carboxylic acids is 3. The Morgan fingerprint density at radius 3 is 2.52 bits per heavy atom. The van der Waals surface area contributed by atoms with Gasteiger partial charge in [-0.3, -0.25) is 4.79 Å². The molecule has 0 aromatic carbocycles. The molecule has 8 heteroatoms. The highest BCUT2D eigenvalue weighted by molar-refractivity contribution is 6.01. The quantitative estimate of drug-likeness (QED) is 0.469. The number of ketones is 1. The molecule has 2 saturated heterocycles. The normalized spacial score (nSPS) is 43.4. The van der Waals surface area contributed by atoms with Crippen LogP contribution in [0.3, 0.4) is 0 Å². The van der Waals surface area contributed by atoms with Gasteiger partial charge in [0.05, 0.1) is 6.10 Å². The molecule has 2 fully saturated rings. The van der Waals surface area contributed by atoms with Gasteiger partial charge in [-0.2, -0.15) is 0 Å².